The first-order chi connectivity index (χ1) is 38.4. The van der Waals surface area contributed by atoms with Gasteiger partial charge in [-0.15, -0.1) is 0 Å². The van der Waals surface area contributed by atoms with Gasteiger partial charge in [-0.05, 0) is 103 Å². The molecule has 482 valence electrons. The zero-order chi connectivity index (χ0) is 61.5. The third-order valence-corrected chi connectivity index (χ3v) is 15.3. The lowest BCUT2D eigenvalue weighted by atomic mass is 9.96. The Morgan fingerprint density at radius 2 is 0.716 bits per heavy atom. The van der Waals surface area contributed by atoms with Gasteiger partial charge in [-0.25, -0.2) is 0 Å². The SMILES string of the molecule is CCCCCCCCCCCCCCCC(=O)N[C@@H](C(C)C)C(O)N[C@@H](C(C)C)[C@H](O)N[C@H](C(C)C)[C@@H](O)N[C@@H](C)C(=O)N[C@@H](C)C(=O)N[C@@H](C)[C@H](O)N[C@@H](CCCCN)[C@@H](O)N[C@@H](CCCCN)[C@H](O)N[C@@H](CCCCN)C(O)O. The average Bonchev–Trinajstić information content (AvgIpc) is 3.42. The monoisotopic (exact) mass is 1160 g/mol. The summed E-state index contributed by atoms with van der Waals surface area (Å²) in [5.41, 5.74) is 17.1. The molecule has 0 aromatic carbocycles. The topological polar surface area (TPSA) is 399 Å². The molecule has 15 atom stereocenters. The second kappa shape index (κ2) is 46.9. The predicted molar refractivity (Wildman–Crippen MR) is 322 cm³/mol. The van der Waals surface area contributed by atoms with E-state index < -0.39 is 110 Å². The van der Waals surface area contributed by atoms with E-state index in [1.54, 1.807) is 6.92 Å². The molecule has 23 nitrogen and oxygen atoms in total. The zero-order valence-corrected chi connectivity index (χ0v) is 51.9. The molecule has 0 aliphatic rings. The van der Waals surface area contributed by atoms with E-state index in [0.29, 0.717) is 83.8 Å². The highest BCUT2D eigenvalue weighted by molar-refractivity contribution is 5.89. The van der Waals surface area contributed by atoms with Gasteiger partial charge >= 0.3 is 0 Å². The summed E-state index contributed by atoms with van der Waals surface area (Å²) in [6, 6.07) is -7.66. The number of hydrogen-bond donors (Lipinski definition) is 20. The number of aliphatic hydroxyl groups excluding tert-OH is 7. The molecule has 23 N–H and O–H groups in total. The van der Waals surface area contributed by atoms with Crippen molar-refractivity contribution in [3.8, 4) is 0 Å². The molecule has 0 spiro atoms. The lowest BCUT2D eigenvalue weighted by molar-refractivity contribution is -0.131. The van der Waals surface area contributed by atoms with E-state index in [1.165, 1.54) is 78.1 Å². The van der Waals surface area contributed by atoms with Crippen LogP contribution in [0, 0.1) is 17.8 Å². The Labute approximate surface area is 488 Å². The highest BCUT2D eigenvalue weighted by atomic mass is 16.5. The molecule has 0 aromatic heterocycles. The van der Waals surface area contributed by atoms with Crippen LogP contribution in [0.3, 0.4) is 0 Å². The summed E-state index contributed by atoms with van der Waals surface area (Å²) < 4.78 is 0. The van der Waals surface area contributed by atoms with E-state index in [-0.39, 0.29) is 23.7 Å². The van der Waals surface area contributed by atoms with E-state index in [2.05, 4.69) is 54.8 Å². The number of carbonyl (C=O) groups is 3. The lowest BCUT2D eigenvalue weighted by Crippen LogP contribution is -2.64. The Morgan fingerprint density at radius 3 is 1.12 bits per heavy atom. The Bertz CT molecular complexity index is 1560. The fourth-order valence-corrected chi connectivity index (χ4v) is 9.88. The van der Waals surface area contributed by atoms with Crippen molar-refractivity contribution in [3.05, 3.63) is 0 Å². The van der Waals surface area contributed by atoms with Gasteiger partial charge in [0.25, 0.3) is 0 Å². The van der Waals surface area contributed by atoms with Gasteiger partial charge in [0.1, 0.15) is 43.4 Å². The van der Waals surface area contributed by atoms with Gasteiger partial charge in [0.2, 0.25) is 17.7 Å². The number of carbonyl (C=O) groups excluding carboxylic acids is 3. The van der Waals surface area contributed by atoms with Crippen LogP contribution in [0.5, 0.6) is 0 Å². The summed E-state index contributed by atoms with van der Waals surface area (Å²) in [5, 5.41) is 115. The van der Waals surface area contributed by atoms with E-state index in [9.17, 15) is 55.2 Å². The van der Waals surface area contributed by atoms with Gasteiger partial charge in [0, 0.05) is 18.5 Å². The summed E-state index contributed by atoms with van der Waals surface area (Å²) in [6.45, 7) is 19.3. The van der Waals surface area contributed by atoms with Crippen molar-refractivity contribution in [1.29, 1.82) is 0 Å². The van der Waals surface area contributed by atoms with E-state index >= 15 is 0 Å². The third-order valence-electron chi connectivity index (χ3n) is 15.3. The maximum atomic E-state index is 13.5. The van der Waals surface area contributed by atoms with Crippen molar-refractivity contribution in [1.82, 2.24) is 47.9 Å². The molecule has 0 fully saturated rings. The molecule has 3 amide bonds. The third kappa shape index (κ3) is 35.7. The Balaban J connectivity index is 5.54. The largest absolute Gasteiger partial charge is 0.377 e. The number of aliphatic hydroxyl groups is 8. The maximum absolute atomic E-state index is 13.5. The number of rotatable bonds is 53. The molecule has 81 heavy (non-hydrogen) atoms. The number of amides is 3. The molecule has 0 aliphatic heterocycles. The van der Waals surface area contributed by atoms with Crippen LogP contribution < -0.4 is 65.1 Å². The van der Waals surface area contributed by atoms with Crippen LogP contribution >= 0.6 is 0 Å². The molecular formula is C58H124N12O11. The van der Waals surface area contributed by atoms with Crippen LogP contribution in [0.25, 0.3) is 0 Å². The zero-order valence-electron chi connectivity index (χ0n) is 51.9. The summed E-state index contributed by atoms with van der Waals surface area (Å²) >= 11 is 0. The first kappa shape index (κ1) is 78.7. The summed E-state index contributed by atoms with van der Waals surface area (Å²) in [4.78, 5) is 40.0. The highest BCUT2D eigenvalue weighted by Gasteiger charge is 2.36. The van der Waals surface area contributed by atoms with Crippen molar-refractivity contribution in [2.75, 3.05) is 19.6 Å². The van der Waals surface area contributed by atoms with Crippen LogP contribution in [0.1, 0.15) is 217 Å². The minimum Gasteiger partial charge on any atom is -0.377 e. The summed E-state index contributed by atoms with van der Waals surface area (Å²) in [7, 11) is 0. The van der Waals surface area contributed by atoms with Gasteiger partial charge in [-0.3, -0.25) is 46.3 Å². The van der Waals surface area contributed by atoms with Crippen LogP contribution in [0.2, 0.25) is 0 Å². The smallest absolute Gasteiger partial charge is 0.242 e. The molecule has 0 saturated carbocycles. The first-order valence-electron chi connectivity index (χ1n) is 31.4. The molecule has 0 heterocycles. The van der Waals surface area contributed by atoms with Crippen molar-refractivity contribution < 1.29 is 55.2 Å². The van der Waals surface area contributed by atoms with Crippen molar-refractivity contribution in [3.63, 3.8) is 0 Å². The highest BCUT2D eigenvalue weighted by Crippen LogP contribution is 2.18. The fourth-order valence-electron chi connectivity index (χ4n) is 9.88. The van der Waals surface area contributed by atoms with E-state index in [0.717, 1.165) is 19.3 Å². The van der Waals surface area contributed by atoms with Crippen LogP contribution in [-0.2, 0) is 14.4 Å². The van der Waals surface area contributed by atoms with Gasteiger partial charge in [0.05, 0.1) is 36.3 Å². The summed E-state index contributed by atoms with van der Waals surface area (Å²) in [5.74, 6) is -1.99. The number of nitrogens with two attached hydrogens (primary N) is 3. The molecule has 1 unspecified atom stereocenters. The number of nitrogens with one attached hydrogen (secondary N) is 9. The number of hydrogen-bond acceptors (Lipinski definition) is 20. The first-order valence-corrected chi connectivity index (χ1v) is 31.4. The van der Waals surface area contributed by atoms with Gasteiger partial charge in [-0.1, -0.05) is 145 Å². The molecular weight excluding hydrogens is 1040 g/mol. The minimum absolute atomic E-state index is 0.133. The Hall–Kier alpha value is -2.27. The van der Waals surface area contributed by atoms with Crippen molar-refractivity contribution in [2.24, 2.45) is 35.0 Å². The van der Waals surface area contributed by atoms with Crippen molar-refractivity contribution in [2.45, 2.75) is 315 Å². The summed E-state index contributed by atoms with van der Waals surface area (Å²) in [6.07, 6.45) is 11.2. The van der Waals surface area contributed by atoms with E-state index in [4.69, 9.17) is 17.2 Å². The second-order valence-electron chi connectivity index (χ2n) is 23.9. The molecule has 0 bridgehead atoms. The standard InChI is InChI=1S/C58H124N12O11/c1-11-12-13-14-15-16-17-18-19-20-21-22-23-33-46(71)68-47(37(2)3)56(78)70-49(39(6)7)57(79)69-48(38(4)5)55(77)64-41(9)51(73)62-40(8)50(72)63-42(10)52(74)65-43(30-24-27-34-59)53(75)66-44(31-25-28-35-60)54(76)67-45(58(80)81)32-26-29-36-61/h37-45,47-49,52-58,64-67,69-70,74-81H,11-36,59-61H2,1-10H3,(H,62,73)(H,63,72)(H,68,71)/t40-,41-,42-,43-,44-,45-,47-,48+,49-,52-,53+,54-,55+,56?,57-/m0/s1. The molecule has 0 radical (unpaired) electrons. The quantitative estimate of drug-likeness (QED) is 0.0301. The maximum Gasteiger partial charge on any atom is 0.242 e. The number of unbranched alkanes of at least 4 members (excludes halogenated alkanes) is 15. The lowest BCUT2D eigenvalue weighted by Gasteiger charge is -2.38. The van der Waals surface area contributed by atoms with Gasteiger partial charge < -0.3 is 74.0 Å². The molecule has 0 saturated heterocycles. The van der Waals surface area contributed by atoms with Gasteiger partial charge in [0.15, 0.2) is 6.29 Å². The second-order valence-corrected chi connectivity index (χ2v) is 23.9. The fraction of sp³-hybridized carbons (Fsp3) is 0.948. The normalized spacial score (nSPS) is 17.9. The minimum atomic E-state index is -1.76. The van der Waals surface area contributed by atoms with Crippen molar-refractivity contribution >= 4 is 17.7 Å². The average molecular weight is 1170 g/mol. The van der Waals surface area contributed by atoms with Crippen LogP contribution in [0.15, 0.2) is 0 Å². The van der Waals surface area contributed by atoms with Crippen LogP contribution in [0.4, 0.5) is 0 Å². The molecule has 0 aromatic rings. The Morgan fingerprint density at radius 1 is 0.358 bits per heavy atom. The molecule has 0 rings (SSSR count). The van der Waals surface area contributed by atoms with Crippen LogP contribution in [-0.4, -0.2) is 176 Å². The molecule has 23 heteroatoms. The predicted octanol–water partition coefficient (Wildman–Crippen LogP) is 1.31. The Kier molecular flexibility index (Phi) is 45.6. The molecule has 0 aliphatic carbocycles. The van der Waals surface area contributed by atoms with Gasteiger partial charge in [-0.2, -0.15) is 0 Å². The van der Waals surface area contributed by atoms with E-state index in [1.807, 2.05) is 41.5 Å².